The monoisotopic (exact) mass is 230 g/mol. The zero-order valence-corrected chi connectivity index (χ0v) is 10.1. The Kier molecular flexibility index (Phi) is 5.68. The summed E-state index contributed by atoms with van der Waals surface area (Å²) in [5.74, 6) is 4.59. The Labute approximate surface area is 96.6 Å². The molecule has 1 heterocycles. The first-order chi connectivity index (χ1) is 7.63. The van der Waals surface area contributed by atoms with Crippen LogP contribution in [0.2, 0.25) is 0 Å². The summed E-state index contributed by atoms with van der Waals surface area (Å²) in [6.07, 6.45) is 2.80. The maximum Gasteiger partial charge on any atom is 0.327 e. The lowest BCUT2D eigenvalue weighted by Crippen LogP contribution is -2.39. The minimum atomic E-state index is -0.307. The van der Waals surface area contributed by atoms with E-state index in [0.717, 1.165) is 19.6 Å². The molecule has 1 aliphatic rings. The van der Waals surface area contributed by atoms with E-state index in [1.54, 1.807) is 0 Å². The minimum absolute atomic E-state index is 0.307. The van der Waals surface area contributed by atoms with Crippen LogP contribution in [-0.2, 0) is 9.63 Å². The van der Waals surface area contributed by atoms with E-state index < -0.39 is 0 Å². The number of carbonyl (C=O) groups excluding carboxylic acids is 1. The number of nitrogens with two attached hydrogens (primary N) is 1. The number of nitrogens with one attached hydrogen (secondary N) is 1. The zero-order valence-electron chi connectivity index (χ0n) is 10.1. The van der Waals surface area contributed by atoms with Crippen molar-refractivity contribution in [1.82, 2.24) is 15.4 Å². The van der Waals surface area contributed by atoms with Gasteiger partial charge in [-0.2, -0.15) is 0 Å². The molecule has 1 saturated heterocycles. The molecule has 1 unspecified atom stereocenters. The quantitative estimate of drug-likeness (QED) is 0.465. The molecule has 0 aromatic heterocycles. The fraction of sp³-hybridized carbons (Fsp3) is 0.900. The third kappa shape index (κ3) is 4.44. The van der Waals surface area contributed by atoms with E-state index in [9.17, 15) is 4.79 Å². The summed E-state index contributed by atoms with van der Waals surface area (Å²) >= 11 is 0. The van der Waals surface area contributed by atoms with Gasteiger partial charge in [0.2, 0.25) is 0 Å². The molecular formula is C10H22N4O2. The molecular weight excluding hydrogens is 208 g/mol. The van der Waals surface area contributed by atoms with Gasteiger partial charge in [0.1, 0.15) is 0 Å². The summed E-state index contributed by atoms with van der Waals surface area (Å²) in [4.78, 5) is 20.1. The topological polar surface area (TPSA) is 70.8 Å². The number of hydrazine groups is 1. The molecule has 0 aliphatic carbocycles. The maximum absolute atomic E-state index is 11.1. The second-order valence-electron chi connectivity index (χ2n) is 4.44. The zero-order chi connectivity index (χ0) is 12.0. The molecule has 94 valence electrons. The molecule has 1 atom stereocenters. The van der Waals surface area contributed by atoms with Crippen molar-refractivity contribution in [2.45, 2.75) is 25.3 Å². The van der Waals surface area contributed by atoms with Crippen LogP contribution in [0.1, 0.15) is 19.3 Å². The van der Waals surface area contributed by atoms with Crippen molar-refractivity contribution >= 4 is 5.97 Å². The number of hydrogen-bond acceptors (Lipinski definition) is 6. The summed E-state index contributed by atoms with van der Waals surface area (Å²) in [5.41, 5.74) is 1.91. The number of carbonyl (C=O) groups is 1. The Morgan fingerprint density at radius 1 is 1.62 bits per heavy atom. The highest BCUT2D eigenvalue weighted by atomic mass is 16.7. The van der Waals surface area contributed by atoms with Crippen molar-refractivity contribution in [3.05, 3.63) is 0 Å². The molecule has 0 amide bonds. The van der Waals surface area contributed by atoms with Gasteiger partial charge in [-0.05, 0) is 33.5 Å². The van der Waals surface area contributed by atoms with Crippen LogP contribution in [0.25, 0.3) is 0 Å². The lowest BCUT2D eigenvalue weighted by molar-refractivity contribution is -0.151. The first-order valence-corrected chi connectivity index (χ1v) is 5.67. The van der Waals surface area contributed by atoms with Crippen molar-refractivity contribution in [3.63, 3.8) is 0 Å². The summed E-state index contributed by atoms with van der Waals surface area (Å²) < 4.78 is 0. The fourth-order valence-electron chi connectivity index (χ4n) is 2.17. The average molecular weight is 230 g/mol. The van der Waals surface area contributed by atoms with Gasteiger partial charge in [0, 0.05) is 19.1 Å². The van der Waals surface area contributed by atoms with Crippen LogP contribution < -0.4 is 11.4 Å². The molecule has 6 heteroatoms. The van der Waals surface area contributed by atoms with Gasteiger partial charge < -0.3 is 9.74 Å². The van der Waals surface area contributed by atoms with E-state index in [1.807, 2.05) is 5.59 Å². The number of hydrogen-bond donors (Lipinski definition) is 2. The van der Waals surface area contributed by atoms with E-state index in [2.05, 4.69) is 28.7 Å². The number of nitrogens with zero attached hydrogens (tertiary/aromatic N) is 2. The van der Waals surface area contributed by atoms with Gasteiger partial charge in [-0.25, -0.2) is 5.84 Å². The number of rotatable bonds is 6. The van der Waals surface area contributed by atoms with Crippen LogP contribution in [0.5, 0.6) is 0 Å². The van der Waals surface area contributed by atoms with Crippen molar-refractivity contribution in [3.8, 4) is 0 Å². The Bertz CT molecular complexity index is 223. The van der Waals surface area contributed by atoms with E-state index in [4.69, 9.17) is 5.84 Å². The van der Waals surface area contributed by atoms with Crippen molar-refractivity contribution < 1.29 is 9.63 Å². The van der Waals surface area contributed by atoms with Gasteiger partial charge in [0.15, 0.2) is 0 Å². The molecule has 1 aliphatic heterocycles. The molecule has 0 saturated carbocycles. The maximum atomic E-state index is 11.1. The van der Waals surface area contributed by atoms with Gasteiger partial charge in [-0.3, -0.25) is 9.69 Å². The smallest absolute Gasteiger partial charge is 0.327 e. The Morgan fingerprint density at radius 3 is 3.00 bits per heavy atom. The Morgan fingerprint density at radius 2 is 2.38 bits per heavy atom. The van der Waals surface area contributed by atoms with E-state index in [0.29, 0.717) is 12.5 Å². The molecule has 0 bridgehead atoms. The van der Waals surface area contributed by atoms with Gasteiger partial charge in [-0.15, -0.1) is 0 Å². The van der Waals surface area contributed by atoms with E-state index in [-0.39, 0.29) is 5.97 Å². The summed E-state index contributed by atoms with van der Waals surface area (Å²) in [6, 6.07) is 0.564. The lowest BCUT2D eigenvalue weighted by Gasteiger charge is -2.26. The van der Waals surface area contributed by atoms with Crippen LogP contribution in [0.4, 0.5) is 0 Å². The largest absolute Gasteiger partial charge is 0.356 e. The molecule has 1 rings (SSSR count). The predicted molar refractivity (Wildman–Crippen MR) is 61.2 cm³/mol. The molecule has 1 fully saturated rings. The van der Waals surface area contributed by atoms with Crippen molar-refractivity contribution in [2.75, 3.05) is 33.7 Å². The molecule has 6 nitrogen and oxygen atoms in total. The van der Waals surface area contributed by atoms with Crippen LogP contribution in [-0.4, -0.2) is 55.5 Å². The van der Waals surface area contributed by atoms with Gasteiger partial charge in [-0.1, -0.05) is 5.59 Å². The molecule has 3 N–H and O–H groups in total. The highest BCUT2D eigenvalue weighted by Crippen LogP contribution is 2.17. The lowest BCUT2D eigenvalue weighted by atomic mass is 10.2. The summed E-state index contributed by atoms with van der Waals surface area (Å²) in [5, 5.41) is 0. The standard InChI is InChI=1S/C10H22N4O2/c1-13(2)8-9-4-3-6-14(9)7-5-10(15)16-12-11/h9,12H,3-8,11H2,1-2H3. The number of likely N-dealkylation sites (tertiary alicyclic amines) is 1. The minimum Gasteiger partial charge on any atom is -0.356 e. The van der Waals surface area contributed by atoms with Crippen LogP contribution in [0, 0.1) is 0 Å². The van der Waals surface area contributed by atoms with Crippen LogP contribution in [0.15, 0.2) is 0 Å². The van der Waals surface area contributed by atoms with E-state index >= 15 is 0 Å². The Hall–Kier alpha value is -0.690. The predicted octanol–water partition coefficient (Wildman–Crippen LogP) is -0.676. The summed E-state index contributed by atoms with van der Waals surface area (Å²) in [7, 11) is 4.15. The van der Waals surface area contributed by atoms with E-state index in [1.165, 1.54) is 12.8 Å². The Balaban J connectivity index is 2.27. The summed E-state index contributed by atoms with van der Waals surface area (Å²) in [6.45, 7) is 2.87. The van der Waals surface area contributed by atoms with Gasteiger partial charge in [0.05, 0.1) is 6.42 Å². The first-order valence-electron chi connectivity index (χ1n) is 5.67. The SMILES string of the molecule is CN(C)CC1CCCN1CCC(=O)ONN. The second-order valence-corrected chi connectivity index (χ2v) is 4.44. The van der Waals surface area contributed by atoms with Crippen LogP contribution >= 0.6 is 0 Å². The molecule has 0 aromatic carbocycles. The van der Waals surface area contributed by atoms with Crippen molar-refractivity contribution in [2.24, 2.45) is 5.84 Å². The first kappa shape index (κ1) is 13.4. The van der Waals surface area contributed by atoms with Gasteiger partial charge in [0.25, 0.3) is 0 Å². The third-order valence-corrected chi connectivity index (χ3v) is 2.85. The molecule has 0 aromatic rings. The highest BCUT2D eigenvalue weighted by molar-refractivity contribution is 5.69. The average Bonchev–Trinajstić information content (AvgIpc) is 2.62. The second kappa shape index (κ2) is 6.80. The third-order valence-electron chi connectivity index (χ3n) is 2.85. The normalized spacial score (nSPS) is 21.6. The van der Waals surface area contributed by atoms with Crippen LogP contribution in [0.3, 0.4) is 0 Å². The van der Waals surface area contributed by atoms with Crippen molar-refractivity contribution in [1.29, 1.82) is 0 Å². The molecule has 16 heavy (non-hydrogen) atoms. The molecule has 0 spiro atoms. The highest BCUT2D eigenvalue weighted by Gasteiger charge is 2.25. The van der Waals surface area contributed by atoms with Gasteiger partial charge >= 0.3 is 5.97 Å². The fourth-order valence-corrected chi connectivity index (χ4v) is 2.17. The number of likely N-dealkylation sites (N-methyl/N-ethyl adjacent to an activating group) is 1. The molecule has 0 radical (unpaired) electrons.